The summed E-state index contributed by atoms with van der Waals surface area (Å²) in [7, 11) is -3.70. The van der Waals surface area contributed by atoms with Gasteiger partial charge in [0.1, 0.15) is 0 Å². The first kappa shape index (κ1) is 17.4. The second-order valence-corrected chi connectivity index (χ2v) is 8.64. The molecule has 0 spiro atoms. The molecular weight excluding hydrogens is 426 g/mol. The molecule has 2 N–H and O–H groups in total. The normalized spacial score (nSPS) is 18.7. The van der Waals surface area contributed by atoms with E-state index in [4.69, 9.17) is 4.74 Å². The van der Waals surface area contributed by atoms with Gasteiger partial charge < -0.3 is 9.84 Å². The van der Waals surface area contributed by atoms with E-state index in [2.05, 4.69) is 36.6 Å². The van der Waals surface area contributed by atoms with E-state index in [-0.39, 0.29) is 11.4 Å². The predicted molar refractivity (Wildman–Crippen MR) is 86.8 cm³/mol. The van der Waals surface area contributed by atoms with Gasteiger partial charge in [-0.15, -0.1) is 0 Å². The largest absolute Gasteiger partial charge is 0.388 e. The fraction of sp³-hybridized carbons (Fsp3) is 0.538. The number of rotatable bonds is 4. The molecule has 21 heavy (non-hydrogen) atoms. The van der Waals surface area contributed by atoms with E-state index in [1.165, 1.54) is 0 Å². The molecule has 1 heterocycles. The Bertz CT molecular complexity index is 627. The van der Waals surface area contributed by atoms with Crippen molar-refractivity contribution < 1.29 is 18.3 Å². The van der Waals surface area contributed by atoms with Crippen molar-refractivity contribution in [3.63, 3.8) is 0 Å². The maximum atomic E-state index is 12.4. The highest BCUT2D eigenvalue weighted by Crippen LogP contribution is 2.29. The van der Waals surface area contributed by atoms with Gasteiger partial charge in [-0.3, -0.25) is 0 Å². The number of sulfonamides is 1. The molecule has 0 atom stereocenters. The molecule has 0 bridgehead atoms. The molecule has 0 saturated carbocycles. The number of aliphatic hydroxyl groups is 1. The molecular formula is C13H17Br2NO4S. The van der Waals surface area contributed by atoms with Gasteiger partial charge in [0.05, 0.1) is 10.5 Å². The molecule has 1 aliphatic heterocycles. The van der Waals surface area contributed by atoms with E-state index in [1.807, 2.05) is 6.92 Å². The lowest BCUT2D eigenvalue weighted by Gasteiger charge is -2.32. The van der Waals surface area contributed by atoms with Gasteiger partial charge in [-0.1, -0.05) is 15.9 Å². The summed E-state index contributed by atoms with van der Waals surface area (Å²) in [5.74, 6) is 0. The van der Waals surface area contributed by atoms with Gasteiger partial charge in [0.25, 0.3) is 0 Å². The molecule has 1 aliphatic rings. The van der Waals surface area contributed by atoms with Crippen LogP contribution in [0.4, 0.5) is 0 Å². The third-order valence-corrected chi connectivity index (χ3v) is 6.73. The quantitative estimate of drug-likeness (QED) is 0.750. The zero-order chi connectivity index (χ0) is 15.7. The Morgan fingerprint density at radius 1 is 1.29 bits per heavy atom. The summed E-state index contributed by atoms with van der Waals surface area (Å²) in [6.07, 6.45) is 0.850. The average Bonchev–Trinajstić information content (AvgIpc) is 2.42. The molecule has 5 nitrogen and oxygen atoms in total. The van der Waals surface area contributed by atoms with Gasteiger partial charge in [-0.05, 0) is 40.5 Å². The lowest BCUT2D eigenvalue weighted by atomic mass is 9.95. The topological polar surface area (TPSA) is 75.6 Å². The number of ether oxygens (including phenoxy) is 1. The lowest BCUT2D eigenvalue weighted by molar-refractivity contribution is -0.0588. The summed E-state index contributed by atoms with van der Waals surface area (Å²) in [4.78, 5) is 0.149. The third kappa shape index (κ3) is 4.27. The first-order valence-electron chi connectivity index (χ1n) is 6.49. The van der Waals surface area contributed by atoms with E-state index in [9.17, 15) is 13.5 Å². The van der Waals surface area contributed by atoms with Crippen LogP contribution < -0.4 is 4.72 Å². The van der Waals surface area contributed by atoms with Gasteiger partial charge in [0, 0.05) is 41.5 Å². The Kier molecular flexibility index (Phi) is 5.49. The Morgan fingerprint density at radius 3 is 2.52 bits per heavy atom. The highest BCUT2D eigenvalue weighted by atomic mass is 79.9. The van der Waals surface area contributed by atoms with Crippen LogP contribution in [-0.2, 0) is 14.8 Å². The summed E-state index contributed by atoms with van der Waals surface area (Å²) >= 11 is 6.61. The molecule has 1 fully saturated rings. The standard InChI is InChI=1S/C13H17Br2NO4S/c1-9-6-11(15)12(7-10(9)14)21(18,19)16-8-13(17)2-4-20-5-3-13/h6-7,16-17H,2-5,8H2,1H3. The van der Waals surface area contributed by atoms with Crippen LogP contribution in [0.15, 0.2) is 26.0 Å². The van der Waals surface area contributed by atoms with E-state index < -0.39 is 15.6 Å². The van der Waals surface area contributed by atoms with Crippen molar-refractivity contribution >= 4 is 41.9 Å². The molecule has 0 amide bonds. The fourth-order valence-electron chi connectivity index (χ4n) is 2.07. The number of hydrogen-bond donors (Lipinski definition) is 2. The molecule has 0 aromatic heterocycles. The van der Waals surface area contributed by atoms with Crippen LogP contribution in [0.1, 0.15) is 18.4 Å². The molecule has 0 radical (unpaired) electrons. The van der Waals surface area contributed by atoms with Crippen molar-refractivity contribution in [3.8, 4) is 0 Å². The van der Waals surface area contributed by atoms with E-state index in [1.54, 1.807) is 12.1 Å². The minimum Gasteiger partial charge on any atom is -0.388 e. The van der Waals surface area contributed by atoms with Crippen LogP contribution >= 0.6 is 31.9 Å². The van der Waals surface area contributed by atoms with E-state index in [0.29, 0.717) is 30.5 Å². The van der Waals surface area contributed by atoms with Crippen LogP contribution in [0.5, 0.6) is 0 Å². The summed E-state index contributed by atoms with van der Waals surface area (Å²) < 4.78 is 33.7. The molecule has 2 rings (SSSR count). The number of aryl methyl sites for hydroxylation is 1. The average molecular weight is 443 g/mol. The lowest BCUT2D eigenvalue weighted by Crippen LogP contribution is -2.46. The first-order chi connectivity index (χ1) is 9.73. The van der Waals surface area contributed by atoms with Gasteiger partial charge in [0.15, 0.2) is 0 Å². The predicted octanol–water partition coefficient (Wildman–Crippen LogP) is 2.34. The number of halogens is 2. The van der Waals surface area contributed by atoms with Crippen molar-refractivity contribution in [3.05, 3.63) is 26.6 Å². The molecule has 1 aromatic carbocycles. The van der Waals surface area contributed by atoms with Gasteiger partial charge in [-0.25, -0.2) is 13.1 Å². The Labute approximate surface area is 141 Å². The summed E-state index contributed by atoms with van der Waals surface area (Å²) in [6, 6.07) is 3.29. The van der Waals surface area contributed by atoms with Crippen molar-refractivity contribution in [1.29, 1.82) is 0 Å². The Morgan fingerprint density at radius 2 is 1.90 bits per heavy atom. The van der Waals surface area contributed by atoms with Gasteiger partial charge >= 0.3 is 0 Å². The smallest absolute Gasteiger partial charge is 0.241 e. The second kappa shape index (κ2) is 6.64. The molecule has 0 aliphatic carbocycles. The van der Waals surface area contributed by atoms with Crippen LogP contribution in [0.2, 0.25) is 0 Å². The van der Waals surface area contributed by atoms with Gasteiger partial charge in [-0.2, -0.15) is 0 Å². The Hall–Kier alpha value is 0.01000. The fourth-order valence-corrected chi connectivity index (χ4v) is 4.86. The monoisotopic (exact) mass is 441 g/mol. The summed E-state index contributed by atoms with van der Waals surface area (Å²) in [5, 5.41) is 10.3. The number of hydrogen-bond acceptors (Lipinski definition) is 4. The van der Waals surface area contributed by atoms with E-state index >= 15 is 0 Å². The zero-order valence-corrected chi connectivity index (χ0v) is 15.5. The minimum atomic E-state index is -3.70. The van der Waals surface area contributed by atoms with Crippen molar-refractivity contribution in [2.45, 2.75) is 30.3 Å². The first-order valence-corrected chi connectivity index (χ1v) is 9.56. The molecule has 1 saturated heterocycles. The zero-order valence-electron chi connectivity index (χ0n) is 11.5. The maximum Gasteiger partial charge on any atom is 0.241 e. The van der Waals surface area contributed by atoms with Gasteiger partial charge in [0.2, 0.25) is 10.0 Å². The third-order valence-electron chi connectivity index (χ3n) is 3.52. The van der Waals surface area contributed by atoms with Crippen molar-refractivity contribution in [2.24, 2.45) is 0 Å². The van der Waals surface area contributed by atoms with Crippen LogP contribution in [-0.4, -0.2) is 38.9 Å². The second-order valence-electron chi connectivity index (χ2n) is 5.19. The molecule has 8 heteroatoms. The SMILES string of the molecule is Cc1cc(Br)c(S(=O)(=O)NCC2(O)CCOCC2)cc1Br. The number of nitrogens with one attached hydrogen (secondary N) is 1. The summed E-state index contributed by atoms with van der Waals surface area (Å²) in [6.45, 7) is 2.75. The van der Waals surface area contributed by atoms with Crippen LogP contribution in [0.25, 0.3) is 0 Å². The van der Waals surface area contributed by atoms with Crippen LogP contribution in [0.3, 0.4) is 0 Å². The highest BCUT2D eigenvalue weighted by molar-refractivity contribution is 9.11. The minimum absolute atomic E-state index is 0.0172. The molecule has 1 aromatic rings. The highest BCUT2D eigenvalue weighted by Gasteiger charge is 2.32. The number of benzene rings is 1. The van der Waals surface area contributed by atoms with Crippen molar-refractivity contribution in [2.75, 3.05) is 19.8 Å². The maximum absolute atomic E-state index is 12.4. The van der Waals surface area contributed by atoms with Crippen molar-refractivity contribution in [1.82, 2.24) is 4.72 Å². The Balaban J connectivity index is 2.17. The van der Waals surface area contributed by atoms with E-state index in [0.717, 1.165) is 10.0 Å². The summed E-state index contributed by atoms with van der Waals surface area (Å²) in [5.41, 5.74) is -0.108. The van der Waals surface area contributed by atoms with Crippen LogP contribution in [0, 0.1) is 6.92 Å². The molecule has 118 valence electrons. The molecule has 0 unspecified atom stereocenters.